The van der Waals surface area contributed by atoms with E-state index in [1.807, 2.05) is 12.1 Å². The Morgan fingerprint density at radius 3 is 2.36 bits per heavy atom. The lowest BCUT2D eigenvalue weighted by Gasteiger charge is -2.35. The number of likely N-dealkylation sites (N-methyl/N-ethyl adjacent to an activating group) is 1. The van der Waals surface area contributed by atoms with Gasteiger partial charge in [-0.15, -0.1) is 0 Å². The number of carbonyl (C=O) groups excluding carboxylic acids is 5. The van der Waals surface area contributed by atoms with E-state index in [2.05, 4.69) is 38.7 Å². The summed E-state index contributed by atoms with van der Waals surface area (Å²) in [6.07, 6.45) is 12.9. The summed E-state index contributed by atoms with van der Waals surface area (Å²) in [5, 5.41) is 16.9. The third kappa shape index (κ3) is 10.8. The number of nitrogens with two attached hydrogens (primary N) is 1. The second kappa shape index (κ2) is 18.9. The van der Waals surface area contributed by atoms with Gasteiger partial charge >= 0.3 is 0 Å². The first-order valence-corrected chi connectivity index (χ1v) is 19.9. The first-order valence-electron chi connectivity index (χ1n) is 19.9. The monoisotopic (exact) mass is 732 g/mol. The van der Waals surface area contributed by atoms with Crippen molar-refractivity contribution in [3.05, 3.63) is 47.3 Å². The molecule has 5 amide bonds. The van der Waals surface area contributed by atoms with Crippen LogP contribution in [0.15, 0.2) is 36.2 Å². The van der Waals surface area contributed by atoms with Crippen molar-refractivity contribution in [1.29, 1.82) is 0 Å². The predicted molar refractivity (Wildman–Crippen MR) is 206 cm³/mol. The number of likely N-dealkylation sites (tertiary alicyclic amines) is 1. The maximum absolute atomic E-state index is 14.6. The molecule has 4 aliphatic rings. The Morgan fingerprint density at radius 1 is 0.943 bits per heavy atom. The summed E-state index contributed by atoms with van der Waals surface area (Å²) < 4.78 is 0. The number of aryl methyl sites for hydroxylation is 1. The van der Waals surface area contributed by atoms with Crippen LogP contribution in [0.2, 0.25) is 5.82 Å². The zero-order valence-corrected chi connectivity index (χ0v) is 32.1. The maximum atomic E-state index is 14.6. The van der Waals surface area contributed by atoms with E-state index in [9.17, 15) is 24.0 Å². The highest BCUT2D eigenvalue weighted by Gasteiger charge is 2.45. The number of benzene rings is 1. The quantitative estimate of drug-likeness (QED) is 0.102. The fourth-order valence-corrected chi connectivity index (χ4v) is 8.88. The van der Waals surface area contributed by atoms with Crippen LogP contribution < -0.4 is 32.4 Å². The van der Waals surface area contributed by atoms with Crippen LogP contribution >= 0.6 is 0 Å². The van der Waals surface area contributed by atoms with Crippen molar-refractivity contribution in [2.75, 3.05) is 13.6 Å². The summed E-state index contributed by atoms with van der Waals surface area (Å²) in [7, 11) is 2.08. The second-order valence-corrected chi connectivity index (χ2v) is 15.9. The molecular weight excluding hydrogens is 671 g/mol. The van der Waals surface area contributed by atoms with Crippen molar-refractivity contribution >= 4 is 36.7 Å². The molecule has 2 saturated carbocycles. The van der Waals surface area contributed by atoms with Crippen molar-refractivity contribution in [1.82, 2.24) is 36.5 Å². The number of allylic oxidation sites excluding steroid dienone is 1. The molecule has 1 saturated heterocycles. The number of hydrazine groups is 1. The Bertz CT molecular complexity index is 1490. The SMILES string of the molecule is CN[C@@H](C)C(=O)N[C@H](C(=O)N1C[C@@H](NC(=O)BC2CCC(N(N)/C=C(\C)NC(C)=O)CC2)C[C@H]1C(=O)N[C@@H]1CCCc2ccccc21)C1CCCCC1. The molecule has 5 atom stereocenters. The van der Waals surface area contributed by atoms with E-state index in [1.54, 1.807) is 37.0 Å². The Labute approximate surface area is 315 Å². The lowest BCUT2D eigenvalue weighted by atomic mass is 9.57. The van der Waals surface area contributed by atoms with Gasteiger partial charge in [-0.2, -0.15) is 0 Å². The average molecular weight is 733 g/mol. The van der Waals surface area contributed by atoms with Crippen molar-refractivity contribution in [3.63, 3.8) is 0 Å². The zero-order valence-electron chi connectivity index (χ0n) is 32.1. The minimum atomic E-state index is -0.772. The molecule has 13 nitrogen and oxygen atoms in total. The standard InChI is InChI=1S/C39H61BN8O5/c1-24(43-26(3)49)22-48(41)31-19-17-29(18-20-31)40-39(53)44-30-21-34(37(51)45-33-16-10-14-27-11-8-9-15-32(27)33)47(23-30)38(52)35(28-12-6-5-7-13-28)46-36(50)25(2)42-4/h8-9,11,15,22,25,28-31,33-35,40,42H,5-7,10,12-14,16-21,23,41H2,1-4H3,(H,43,49)(H,44,53)(H,45,51)(H,46,50)/b24-22+/t25-,29?,30-,31?,33+,34-,35-/m0/s1. The van der Waals surface area contributed by atoms with Gasteiger partial charge in [0.05, 0.1) is 12.1 Å². The van der Waals surface area contributed by atoms with Crippen molar-refractivity contribution < 1.29 is 24.0 Å². The normalized spacial score (nSPS) is 26.0. The van der Waals surface area contributed by atoms with E-state index >= 15 is 0 Å². The number of nitrogens with zero attached hydrogens (tertiary/aromatic N) is 2. The van der Waals surface area contributed by atoms with Gasteiger partial charge in [-0.25, -0.2) is 5.84 Å². The van der Waals surface area contributed by atoms with Gasteiger partial charge in [0.1, 0.15) is 12.1 Å². The number of amides is 5. The maximum Gasteiger partial charge on any atom is 0.246 e. The third-order valence-corrected chi connectivity index (χ3v) is 11.9. The molecule has 0 aromatic heterocycles. The van der Waals surface area contributed by atoms with Gasteiger partial charge in [-0.1, -0.05) is 62.2 Å². The summed E-state index contributed by atoms with van der Waals surface area (Å²) in [6, 6.07) is 5.79. The van der Waals surface area contributed by atoms with E-state index in [0.29, 0.717) is 19.4 Å². The van der Waals surface area contributed by atoms with E-state index in [0.717, 1.165) is 82.6 Å². The molecule has 1 aliphatic heterocycles. The molecular formula is C39H61BN8O5. The van der Waals surface area contributed by atoms with E-state index in [-0.39, 0.29) is 59.8 Å². The molecule has 290 valence electrons. The van der Waals surface area contributed by atoms with Gasteiger partial charge in [-0.05, 0) is 89.3 Å². The molecule has 7 N–H and O–H groups in total. The van der Waals surface area contributed by atoms with E-state index < -0.39 is 24.2 Å². The summed E-state index contributed by atoms with van der Waals surface area (Å²) >= 11 is 0. The fraction of sp³-hybridized carbons (Fsp3) is 0.667. The molecule has 1 heterocycles. The molecule has 5 rings (SSSR count). The third-order valence-electron chi connectivity index (χ3n) is 11.9. The Morgan fingerprint density at radius 2 is 1.66 bits per heavy atom. The molecule has 0 spiro atoms. The molecule has 1 aromatic rings. The van der Waals surface area contributed by atoms with Gasteiger partial charge in [0.2, 0.25) is 30.9 Å². The zero-order chi connectivity index (χ0) is 38.1. The van der Waals surface area contributed by atoms with Crippen LogP contribution in [0.3, 0.4) is 0 Å². The molecule has 0 bridgehead atoms. The van der Waals surface area contributed by atoms with Crippen LogP contribution in [0.5, 0.6) is 0 Å². The van der Waals surface area contributed by atoms with Crippen molar-refractivity contribution in [2.24, 2.45) is 11.8 Å². The van der Waals surface area contributed by atoms with Crippen LogP contribution in [0.1, 0.15) is 115 Å². The molecule has 14 heteroatoms. The van der Waals surface area contributed by atoms with Gasteiger partial charge in [0, 0.05) is 37.4 Å². The average Bonchev–Trinajstić information content (AvgIpc) is 3.57. The first-order chi connectivity index (χ1) is 25.4. The van der Waals surface area contributed by atoms with Gasteiger partial charge in [0.15, 0.2) is 5.81 Å². The smallest absolute Gasteiger partial charge is 0.246 e. The van der Waals surface area contributed by atoms with Crippen LogP contribution in [-0.2, 0) is 25.6 Å². The topological polar surface area (TPSA) is 178 Å². The van der Waals surface area contributed by atoms with Crippen molar-refractivity contribution in [2.45, 2.75) is 146 Å². The minimum absolute atomic E-state index is 0.0174. The number of hydrogen-bond acceptors (Lipinski definition) is 8. The number of fused-ring (bicyclic) bond motifs is 1. The summed E-state index contributed by atoms with van der Waals surface area (Å²) in [6.45, 7) is 5.23. The van der Waals surface area contributed by atoms with Gasteiger partial charge in [-0.3, -0.25) is 24.0 Å². The number of rotatable bonds is 13. The highest BCUT2D eigenvalue weighted by molar-refractivity contribution is 6.74. The summed E-state index contributed by atoms with van der Waals surface area (Å²) in [5.74, 6) is 5.53. The van der Waals surface area contributed by atoms with Gasteiger partial charge < -0.3 is 36.5 Å². The highest BCUT2D eigenvalue weighted by atomic mass is 16.2. The molecule has 0 radical (unpaired) electrons. The largest absolute Gasteiger partial charge is 0.360 e. The Balaban J connectivity index is 1.27. The predicted octanol–water partition coefficient (Wildman–Crippen LogP) is 2.87. The summed E-state index contributed by atoms with van der Waals surface area (Å²) in [4.78, 5) is 68.5. The molecule has 0 unspecified atom stereocenters. The number of carbonyl (C=O) groups is 5. The Kier molecular flexibility index (Phi) is 14.4. The fourth-order valence-electron chi connectivity index (χ4n) is 8.88. The van der Waals surface area contributed by atoms with E-state index in [1.165, 1.54) is 12.5 Å². The highest BCUT2D eigenvalue weighted by Crippen LogP contribution is 2.33. The first kappa shape index (κ1) is 40.3. The van der Waals surface area contributed by atoms with Gasteiger partial charge in [0.25, 0.3) is 0 Å². The lowest BCUT2D eigenvalue weighted by molar-refractivity contribution is -0.143. The minimum Gasteiger partial charge on any atom is -0.360 e. The number of nitrogens with one attached hydrogen (secondary N) is 5. The number of hydrogen-bond donors (Lipinski definition) is 6. The van der Waals surface area contributed by atoms with Crippen LogP contribution in [0.25, 0.3) is 0 Å². The summed E-state index contributed by atoms with van der Waals surface area (Å²) in [5.41, 5.74) is 3.03. The molecule has 3 aliphatic carbocycles. The van der Waals surface area contributed by atoms with Crippen LogP contribution in [0.4, 0.5) is 4.79 Å². The Hall–Kier alpha value is -3.91. The second-order valence-electron chi connectivity index (χ2n) is 15.9. The molecule has 53 heavy (non-hydrogen) atoms. The van der Waals surface area contributed by atoms with Crippen molar-refractivity contribution in [3.8, 4) is 0 Å². The lowest BCUT2D eigenvalue weighted by Crippen LogP contribution is -2.58. The molecule has 1 aromatic carbocycles. The molecule has 3 fully saturated rings. The van der Waals surface area contributed by atoms with Crippen LogP contribution in [-0.4, -0.2) is 90.4 Å². The van der Waals surface area contributed by atoms with Crippen LogP contribution in [0, 0.1) is 5.92 Å². The van der Waals surface area contributed by atoms with E-state index in [4.69, 9.17) is 5.84 Å².